The number of likely N-dealkylation sites (N-methyl/N-ethyl adjacent to an activating group) is 1. The van der Waals surface area contributed by atoms with Crippen LogP contribution in [0.3, 0.4) is 0 Å². The van der Waals surface area contributed by atoms with Gasteiger partial charge in [0.2, 0.25) is 23.1 Å². The van der Waals surface area contributed by atoms with Gasteiger partial charge in [-0.15, -0.1) is 0 Å². The first-order chi connectivity index (χ1) is 44.4. The van der Waals surface area contributed by atoms with Gasteiger partial charge in [0.25, 0.3) is 0 Å². The molecule has 0 aromatic heterocycles. The van der Waals surface area contributed by atoms with E-state index in [1.165, 1.54) is 69.1 Å². The largest absolute Gasteiger partial charge is 0.492 e. The van der Waals surface area contributed by atoms with Gasteiger partial charge >= 0.3 is 6.09 Å². The van der Waals surface area contributed by atoms with Gasteiger partial charge in [0.1, 0.15) is 42.4 Å². The van der Waals surface area contributed by atoms with Crippen LogP contribution in [0.25, 0.3) is 0 Å². The fourth-order valence-electron chi connectivity index (χ4n) is 11.8. The summed E-state index contributed by atoms with van der Waals surface area (Å²) < 4.78 is 78.2. The predicted molar refractivity (Wildman–Crippen MR) is 352 cm³/mol. The smallest absolute Gasteiger partial charge is 0.411 e. The monoisotopic (exact) mass is 1490 g/mol. The molecule has 94 heavy (non-hydrogen) atoms. The van der Waals surface area contributed by atoms with Crippen LogP contribution >= 0.6 is 55.9 Å². The number of hydrogen-bond acceptors (Lipinski definition) is 27. The number of fused-ring (bicyclic) bond motifs is 3. The molecule has 2 bridgehead atoms. The minimum Gasteiger partial charge on any atom is -0.492 e. The zero-order valence-electron chi connectivity index (χ0n) is 55.2. The lowest BCUT2D eigenvalue weighted by Gasteiger charge is -2.47. The number of hydroxylamine groups is 1. The number of allylic oxidation sites excluding steroid dienone is 3. The van der Waals surface area contributed by atoms with E-state index in [1.54, 1.807) is 31.7 Å². The Balaban J connectivity index is 1.04. The third-order valence-electron chi connectivity index (χ3n) is 16.9. The van der Waals surface area contributed by atoms with Crippen molar-refractivity contribution in [2.45, 2.75) is 215 Å². The fraction of sp³-hybridized carbons (Fsp3) is 0.672. The number of alkyl carbamates (subject to hydrolysis) is 1. The first kappa shape index (κ1) is 75.7. The van der Waals surface area contributed by atoms with Gasteiger partial charge in [-0.25, -0.2) is 4.79 Å². The minimum absolute atomic E-state index is 0.0273. The van der Waals surface area contributed by atoms with E-state index in [1.807, 2.05) is 64.1 Å². The summed E-state index contributed by atoms with van der Waals surface area (Å²) in [5.74, 6) is 11.1. The molecule has 5 aliphatic heterocycles. The number of methoxy groups -OCH3 is 5. The maximum atomic E-state index is 14.5. The molecule has 17 unspecified atom stereocenters. The van der Waals surface area contributed by atoms with Gasteiger partial charge in [-0.2, -0.15) is 5.48 Å². The number of amides is 2. The first-order valence-electron chi connectivity index (χ1n) is 30.7. The summed E-state index contributed by atoms with van der Waals surface area (Å²) in [7, 11) is 9.65. The van der Waals surface area contributed by atoms with Crippen molar-refractivity contribution < 1.29 is 111 Å². The molecule has 0 radical (unpaired) electrons. The molecule has 19 atom stereocenters. The van der Waals surface area contributed by atoms with Crippen molar-refractivity contribution >= 4 is 84.6 Å². The van der Waals surface area contributed by atoms with Crippen LogP contribution < -0.4 is 25.0 Å². The van der Waals surface area contributed by atoms with Gasteiger partial charge in [0, 0.05) is 74.0 Å². The lowest BCUT2D eigenvalue weighted by molar-refractivity contribution is -0.337. The lowest BCUT2D eigenvalue weighted by atomic mass is 9.75. The normalized spacial score (nSPS) is 34.0. The fourth-order valence-corrected chi connectivity index (χ4v) is 15.9. The average molecular weight is 1490 g/mol. The highest BCUT2D eigenvalue weighted by molar-refractivity contribution is 14.1. The second-order valence-electron chi connectivity index (χ2n) is 25.0. The second-order valence-corrected chi connectivity index (χ2v) is 30.3. The number of carbonyl (C=O) groups excluding carboxylic acids is 5. The quantitative estimate of drug-likeness (QED) is 0.0199. The van der Waals surface area contributed by atoms with Gasteiger partial charge in [-0.3, -0.25) is 29.3 Å². The number of Topliss-reactive ketones (excluding diaryl/α,β-unsaturated/α-hetero) is 2. The molecule has 5 heterocycles. The molecular formula is C64H86IN3O23S3. The maximum Gasteiger partial charge on any atom is 0.411 e. The predicted octanol–water partition coefficient (Wildman–Crippen LogP) is 4.94. The highest BCUT2D eigenvalue weighted by atomic mass is 127. The number of hydrogen-bond donors (Lipinski definition) is 6. The van der Waals surface area contributed by atoms with Crippen LogP contribution in [0.2, 0.25) is 0 Å². The van der Waals surface area contributed by atoms with E-state index in [0.29, 0.717) is 15.7 Å². The molecule has 26 nitrogen and oxygen atoms in total. The Hall–Kier alpha value is -4.11. The number of thioether (sulfide) groups is 1. The van der Waals surface area contributed by atoms with Crippen molar-refractivity contribution in [3.63, 3.8) is 0 Å². The highest BCUT2D eigenvalue weighted by Gasteiger charge is 2.59. The number of carbonyl (C=O) groups is 5. The molecule has 7 aliphatic rings. The van der Waals surface area contributed by atoms with Crippen LogP contribution in [0.4, 0.5) is 4.79 Å². The van der Waals surface area contributed by atoms with Crippen molar-refractivity contribution in [1.29, 1.82) is 0 Å². The molecule has 2 amide bonds. The molecule has 520 valence electrons. The molecular weight excluding hydrogens is 1400 g/mol. The number of halogens is 1. The Morgan fingerprint density at radius 2 is 1.60 bits per heavy atom. The molecule has 0 saturated carbocycles. The van der Waals surface area contributed by atoms with Crippen molar-refractivity contribution in [3.05, 3.63) is 49.8 Å². The molecule has 1 aromatic rings. The van der Waals surface area contributed by atoms with Gasteiger partial charge in [-0.05, 0) is 81.8 Å². The van der Waals surface area contributed by atoms with Crippen LogP contribution in [-0.2, 0) is 66.6 Å². The van der Waals surface area contributed by atoms with Crippen LogP contribution in [0.5, 0.6) is 17.2 Å². The number of epoxide rings is 1. The van der Waals surface area contributed by atoms with E-state index in [0.717, 1.165) is 18.9 Å². The summed E-state index contributed by atoms with van der Waals surface area (Å²) in [5.41, 5.74) is 0.427. The molecule has 2 aliphatic carbocycles. The number of ether oxygens (including phenoxy) is 13. The molecule has 5 saturated heterocycles. The van der Waals surface area contributed by atoms with Gasteiger partial charge < -0.3 is 86.9 Å². The van der Waals surface area contributed by atoms with Gasteiger partial charge in [0.05, 0.1) is 90.9 Å². The standard InChI is InChI=1S/C64H86IN3O23S3/c1-16-68(33(5)69)35-29-83-41(26-39(35)78-11)87-53-48(73)46(67-91-42-25-36(70)56(32(4)84-42)93-57(75)43-30(2)45(65)51(54(81-14)50(43)79-12)88-58-49(74)52(80-13)55-60(89-55)90-58)31(3)85-59(53)86-38-21-19-17-18-20-23-64(77)27-37(71)47(66-61(76)82-15)44(38)34(64)22-24-92-94-63(9,10)28-40(72)62(6,7)8/h17-18,22,31-32,35-36,38-39,41-42,46,48-49,52-53,55-56,58-60,67,70,73-74,77H,16,24-29H2,1-15H3,(H,66,76)/b18-17-,34-22+/t31?,32?,35?,36?,38-,39?,41?,42?,46?,48?,49?,52?,53?,55?,56?,58?,59?,60?,64-/m0/s1. The average Bonchev–Trinajstić information content (AvgIpc) is 1.14. The van der Waals surface area contributed by atoms with Crippen molar-refractivity contribution in [3.8, 4) is 40.9 Å². The van der Waals surface area contributed by atoms with Gasteiger partial charge in [0.15, 0.2) is 48.0 Å². The Morgan fingerprint density at radius 3 is 2.23 bits per heavy atom. The third kappa shape index (κ3) is 17.3. The van der Waals surface area contributed by atoms with Crippen LogP contribution in [0, 0.1) is 39.6 Å². The van der Waals surface area contributed by atoms with Crippen molar-refractivity contribution in [2.24, 2.45) is 5.41 Å². The topological polar surface area (TPSA) is 326 Å². The van der Waals surface area contributed by atoms with Crippen molar-refractivity contribution in [2.75, 3.05) is 54.5 Å². The summed E-state index contributed by atoms with van der Waals surface area (Å²) in [6.45, 7) is 18.1. The van der Waals surface area contributed by atoms with Crippen LogP contribution in [0.15, 0.2) is 35.1 Å². The Labute approximate surface area is 573 Å². The summed E-state index contributed by atoms with van der Waals surface area (Å²) in [5, 5.41) is 49.4. The zero-order chi connectivity index (χ0) is 68.9. The number of benzene rings is 1. The summed E-state index contributed by atoms with van der Waals surface area (Å²) in [6, 6.07) is -1.66. The van der Waals surface area contributed by atoms with Crippen LogP contribution in [0.1, 0.15) is 104 Å². The molecule has 30 heteroatoms. The van der Waals surface area contributed by atoms with Gasteiger partial charge in [-0.1, -0.05) is 83.9 Å². The first-order valence-corrected chi connectivity index (χ1v) is 34.9. The number of nitrogens with zero attached hydrogens (tertiary/aromatic N) is 1. The number of ketones is 2. The van der Waals surface area contributed by atoms with E-state index < -0.39 is 149 Å². The molecule has 8 rings (SSSR count). The Kier molecular flexibility index (Phi) is 26.0. The maximum absolute atomic E-state index is 14.5. The summed E-state index contributed by atoms with van der Waals surface area (Å²) in [6.07, 6.45) is -13.5. The number of rotatable bonds is 24. The summed E-state index contributed by atoms with van der Waals surface area (Å²) >= 11 is 2.84. The number of aliphatic hydroxyl groups is 4. The zero-order valence-corrected chi connectivity index (χ0v) is 59.8. The third-order valence-corrected chi connectivity index (χ3v) is 22.7. The number of nitrogens with one attached hydrogen (secondary N) is 2. The second kappa shape index (κ2) is 32.3. The van der Waals surface area contributed by atoms with E-state index in [4.69, 9.17) is 66.4 Å². The van der Waals surface area contributed by atoms with E-state index in [9.17, 15) is 44.4 Å². The van der Waals surface area contributed by atoms with Crippen LogP contribution in [-0.4, -0.2) is 229 Å². The van der Waals surface area contributed by atoms with Crippen molar-refractivity contribution in [1.82, 2.24) is 15.7 Å². The Bertz CT molecular complexity index is 3180. The molecule has 5 fully saturated rings. The number of aliphatic hydroxyl groups excluding tert-OH is 3. The Morgan fingerprint density at radius 1 is 0.883 bits per heavy atom. The molecule has 6 N–H and O–H groups in total. The SMILES string of the molecule is CCN(C(C)=O)C1COC(OC2C(O[C@H]3C#C/C=C\C#C[C@]4(O)CC(=O)C(NC(=O)OC)=C3/C4=C\CSSC(C)(C)CC(=O)C(C)(C)C)OC(C)C(NOC3CC(O)C(SC(=O)c4c(C)c(I)c(OC5OC6OC6C(OC)C5O)c(OC)c4OC)C(C)O3)C2O)CC1OC. The molecule has 1 aromatic carbocycles. The summed E-state index contributed by atoms with van der Waals surface area (Å²) in [4.78, 5) is 75.7. The minimum atomic E-state index is -2.16. The van der Waals surface area contributed by atoms with E-state index in [2.05, 4.69) is 34.5 Å². The molecule has 0 spiro atoms. The highest BCUT2D eigenvalue weighted by Crippen LogP contribution is 2.50. The van der Waals surface area contributed by atoms with E-state index >= 15 is 0 Å². The lowest BCUT2D eigenvalue weighted by Crippen LogP contribution is -2.65. The van der Waals surface area contributed by atoms with E-state index in [-0.39, 0.29) is 83.0 Å².